The van der Waals surface area contributed by atoms with Crippen molar-refractivity contribution in [3.8, 4) is 0 Å². The van der Waals surface area contributed by atoms with Crippen LogP contribution in [0.25, 0.3) is 0 Å². The second-order valence-electron chi connectivity index (χ2n) is 11.7. The lowest BCUT2D eigenvalue weighted by Gasteiger charge is -2.52. The molecule has 4 aromatic rings. The van der Waals surface area contributed by atoms with Crippen molar-refractivity contribution < 1.29 is 0 Å². The van der Waals surface area contributed by atoms with E-state index >= 15 is 0 Å². The zero-order valence-electron chi connectivity index (χ0n) is 21.4. The quantitative estimate of drug-likeness (QED) is 0.266. The third-order valence-corrected chi connectivity index (χ3v) is 10.1. The molecule has 36 heavy (non-hydrogen) atoms. The molecule has 2 atom stereocenters. The van der Waals surface area contributed by atoms with Crippen LogP contribution in [0.1, 0.15) is 50.7 Å². The summed E-state index contributed by atoms with van der Waals surface area (Å²) in [6.07, 6.45) is 5.13. The maximum absolute atomic E-state index is 2.80. The number of hydrogen-bond donors (Lipinski definition) is 0. The third-order valence-electron chi connectivity index (χ3n) is 10.1. The molecule has 1 saturated carbocycles. The number of benzene rings is 4. The van der Waals surface area contributed by atoms with Gasteiger partial charge < -0.3 is 9.80 Å². The summed E-state index contributed by atoms with van der Waals surface area (Å²) in [7, 11) is 0. The number of hydrogen-bond acceptors (Lipinski definition) is 2. The van der Waals surface area contributed by atoms with Crippen LogP contribution in [0.2, 0.25) is 0 Å². The average molecular weight is 466 g/mol. The van der Waals surface area contributed by atoms with Gasteiger partial charge in [0.1, 0.15) is 0 Å². The van der Waals surface area contributed by atoms with Gasteiger partial charge in [-0.1, -0.05) is 74.4 Å². The van der Waals surface area contributed by atoms with Gasteiger partial charge >= 0.3 is 0 Å². The summed E-state index contributed by atoms with van der Waals surface area (Å²) in [6, 6.07) is 31.8. The van der Waals surface area contributed by atoms with Crippen LogP contribution < -0.4 is 26.2 Å². The van der Waals surface area contributed by atoms with Gasteiger partial charge in [0.15, 0.2) is 0 Å². The fourth-order valence-electron chi connectivity index (χ4n) is 8.41. The predicted molar refractivity (Wildman–Crippen MR) is 153 cm³/mol. The molecule has 3 aliphatic heterocycles. The maximum atomic E-state index is 2.80. The van der Waals surface area contributed by atoms with Crippen LogP contribution in [0.15, 0.2) is 84.9 Å². The van der Waals surface area contributed by atoms with Crippen LogP contribution >= 0.6 is 0 Å². The number of para-hydroxylation sites is 3. The molecule has 0 spiro atoms. The monoisotopic (exact) mass is 466 g/mol. The number of anilines is 5. The lowest BCUT2D eigenvalue weighted by Crippen LogP contribution is -2.64. The summed E-state index contributed by atoms with van der Waals surface area (Å²) in [6.45, 7) is 7.75. The summed E-state index contributed by atoms with van der Waals surface area (Å²) >= 11 is 0. The zero-order valence-corrected chi connectivity index (χ0v) is 21.4. The summed E-state index contributed by atoms with van der Waals surface area (Å²) in [4.78, 5) is 5.32. The van der Waals surface area contributed by atoms with E-state index in [2.05, 4.69) is 116 Å². The molecule has 0 bridgehead atoms. The van der Waals surface area contributed by atoms with Gasteiger partial charge in [-0.05, 0) is 84.5 Å². The molecule has 8 rings (SSSR count). The van der Waals surface area contributed by atoms with E-state index in [1.165, 1.54) is 76.1 Å². The van der Waals surface area contributed by atoms with E-state index < -0.39 is 0 Å². The van der Waals surface area contributed by atoms with Crippen molar-refractivity contribution in [1.29, 1.82) is 0 Å². The maximum Gasteiger partial charge on any atom is 0.252 e. The Hall–Kier alpha value is -3.46. The molecule has 2 nitrogen and oxygen atoms in total. The normalized spacial score (nSPS) is 24.7. The van der Waals surface area contributed by atoms with Gasteiger partial charge in [-0.15, -0.1) is 0 Å². The first-order valence-electron chi connectivity index (χ1n) is 13.6. The highest BCUT2D eigenvalue weighted by Crippen LogP contribution is 2.62. The van der Waals surface area contributed by atoms with E-state index in [1.807, 2.05) is 0 Å². The van der Waals surface area contributed by atoms with Crippen molar-refractivity contribution in [3.05, 3.63) is 96.1 Å². The Kier molecular flexibility index (Phi) is 3.94. The van der Waals surface area contributed by atoms with Crippen molar-refractivity contribution >= 4 is 51.5 Å². The van der Waals surface area contributed by atoms with Crippen LogP contribution in [0.4, 0.5) is 28.4 Å². The molecule has 4 aromatic carbocycles. The highest BCUT2D eigenvalue weighted by Gasteiger charge is 2.62. The number of aryl methyl sites for hydroxylation is 1. The van der Waals surface area contributed by atoms with Crippen LogP contribution in [0.5, 0.6) is 0 Å². The Balaban J connectivity index is 1.55. The Labute approximate surface area is 214 Å². The minimum absolute atomic E-state index is 0.0864. The molecule has 0 saturated heterocycles. The Bertz CT molecular complexity index is 1560. The van der Waals surface area contributed by atoms with Crippen molar-refractivity contribution in [2.75, 3.05) is 9.80 Å². The Morgan fingerprint density at radius 2 is 1.36 bits per heavy atom. The summed E-state index contributed by atoms with van der Waals surface area (Å²) < 4.78 is 0. The molecule has 0 amide bonds. The van der Waals surface area contributed by atoms with Crippen LogP contribution in [-0.4, -0.2) is 12.3 Å². The van der Waals surface area contributed by atoms with Gasteiger partial charge in [0.2, 0.25) is 0 Å². The molecule has 2 unspecified atom stereocenters. The molecule has 0 N–H and O–H groups in total. The van der Waals surface area contributed by atoms with Crippen LogP contribution in [0.3, 0.4) is 0 Å². The van der Waals surface area contributed by atoms with Crippen LogP contribution in [-0.2, 0) is 5.41 Å². The van der Waals surface area contributed by atoms with Crippen molar-refractivity contribution in [1.82, 2.24) is 0 Å². The zero-order chi connectivity index (χ0) is 24.2. The van der Waals surface area contributed by atoms with Gasteiger partial charge in [-0.2, -0.15) is 0 Å². The van der Waals surface area contributed by atoms with Crippen LogP contribution in [0, 0.1) is 6.92 Å². The molecular formula is C33H31BN2. The van der Waals surface area contributed by atoms with Crippen molar-refractivity contribution in [2.24, 2.45) is 0 Å². The molecule has 1 fully saturated rings. The van der Waals surface area contributed by atoms with Gasteiger partial charge in [0.25, 0.3) is 6.71 Å². The molecule has 176 valence electrons. The van der Waals surface area contributed by atoms with E-state index in [0.717, 1.165) is 0 Å². The lowest BCUT2D eigenvalue weighted by atomic mass is 9.33. The first-order valence-corrected chi connectivity index (χ1v) is 13.6. The van der Waals surface area contributed by atoms with E-state index in [4.69, 9.17) is 0 Å². The molecule has 1 aliphatic carbocycles. The molecule has 0 radical (unpaired) electrons. The predicted octanol–water partition coefficient (Wildman–Crippen LogP) is 6.35. The second kappa shape index (κ2) is 6.85. The minimum Gasteiger partial charge on any atom is -0.335 e. The number of rotatable bonds is 1. The minimum atomic E-state index is 0.0864. The SMILES string of the molecule is Cc1cc2c3c4c1C1(C)CCCCC1(C)N4c1ccccc1B3c1ccccc1N2c1ccccc1. The largest absolute Gasteiger partial charge is 0.335 e. The molecular weight excluding hydrogens is 435 g/mol. The lowest BCUT2D eigenvalue weighted by molar-refractivity contribution is 0.194. The smallest absolute Gasteiger partial charge is 0.252 e. The highest BCUT2D eigenvalue weighted by atomic mass is 15.3. The summed E-state index contributed by atoms with van der Waals surface area (Å²) in [5.41, 5.74) is 14.5. The van der Waals surface area contributed by atoms with E-state index in [9.17, 15) is 0 Å². The topological polar surface area (TPSA) is 6.48 Å². The van der Waals surface area contributed by atoms with Gasteiger partial charge in [0, 0.05) is 33.9 Å². The standard InChI is InChI=1S/C33H31BN2/c1-22-21-28-30-31-29(22)32(2)19-11-12-20-33(32,3)36(31)27-18-10-8-16-25(27)34(30)24-15-7-9-17-26(24)35(28)23-13-5-4-6-14-23/h4-10,13-18,21H,11-12,19-20H2,1-3H3. The Morgan fingerprint density at radius 3 is 2.14 bits per heavy atom. The third kappa shape index (κ3) is 2.26. The van der Waals surface area contributed by atoms with Gasteiger partial charge in [0.05, 0.1) is 5.54 Å². The Morgan fingerprint density at radius 1 is 0.722 bits per heavy atom. The summed E-state index contributed by atoms with van der Waals surface area (Å²) in [5.74, 6) is 0. The fourth-order valence-corrected chi connectivity index (χ4v) is 8.41. The second-order valence-corrected chi connectivity index (χ2v) is 11.7. The van der Waals surface area contributed by atoms with E-state index in [1.54, 1.807) is 5.56 Å². The number of nitrogens with zero attached hydrogens (tertiary/aromatic N) is 2. The van der Waals surface area contributed by atoms with Gasteiger partial charge in [-0.25, -0.2) is 0 Å². The fraction of sp³-hybridized carbons (Fsp3) is 0.273. The highest BCUT2D eigenvalue weighted by molar-refractivity contribution is 7.00. The number of fused-ring (bicyclic) bond motifs is 8. The molecule has 4 aliphatic rings. The molecule has 3 heterocycles. The first kappa shape index (κ1) is 20.7. The van der Waals surface area contributed by atoms with E-state index in [0.29, 0.717) is 0 Å². The van der Waals surface area contributed by atoms with Gasteiger partial charge in [-0.3, -0.25) is 0 Å². The summed E-state index contributed by atoms with van der Waals surface area (Å²) in [5, 5.41) is 0. The van der Waals surface area contributed by atoms with Crippen molar-refractivity contribution in [2.45, 2.75) is 57.4 Å². The molecule has 3 heteroatoms. The average Bonchev–Trinajstić information content (AvgIpc) is 3.13. The van der Waals surface area contributed by atoms with Crippen molar-refractivity contribution in [3.63, 3.8) is 0 Å². The van der Waals surface area contributed by atoms with E-state index in [-0.39, 0.29) is 17.7 Å². The first-order chi connectivity index (χ1) is 17.5. The molecule has 0 aromatic heterocycles.